The van der Waals surface area contributed by atoms with Crippen molar-refractivity contribution in [1.29, 1.82) is 0 Å². The van der Waals surface area contributed by atoms with Crippen molar-refractivity contribution >= 4 is 0 Å². The molecule has 1 atom stereocenters. The molecule has 0 aliphatic heterocycles. The van der Waals surface area contributed by atoms with E-state index in [1.165, 1.54) is 44.1 Å². The van der Waals surface area contributed by atoms with E-state index in [0.717, 1.165) is 23.5 Å². The number of rotatable bonds is 7. The first kappa shape index (κ1) is 17.4. The molecule has 4 saturated carbocycles. The second-order valence-electron chi connectivity index (χ2n) is 9.27. The van der Waals surface area contributed by atoms with Crippen LogP contribution in [0.5, 0.6) is 5.75 Å². The van der Waals surface area contributed by atoms with Gasteiger partial charge in [-0.05, 0) is 79.9 Å². The lowest BCUT2D eigenvalue weighted by atomic mass is 9.53. The van der Waals surface area contributed by atoms with Crippen LogP contribution in [0.25, 0.3) is 0 Å². The molecule has 4 aliphatic carbocycles. The maximum Gasteiger partial charge on any atom is 0.119 e. The van der Waals surface area contributed by atoms with Crippen LogP contribution in [0.2, 0.25) is 0 Å². The minimum absolute atomic E-state index is 0.314. The maximum atomic E-state index is 10.4. The van der Waals surface area contributed by atoms with E-state index in [1.54, 1.807) is 0 Å². The number of hydrogen-bond donors (Lipinski definition) is 2. The van der Waals surface area contributed by atoms with Gasteiger partial charge in [0.1, 0.15) is 18.5 Å². The molecule has 3 nitrogen and oxygen atoms in total. The molecule has 0 amide bonds. The molecule has 0 radical (unpaired) electrons. The third-order valence-corrected chi connectivity index (χ3v) is 6.74. The highest BCUT2D eigenvalue weighted by molar-refractivity contribution is 5.28. The summed E-state index contributed by atoms with van der Waals surface area (Å²) in [6, 6.07) is 8.24. The van der Waals surface area contributed by atoms with Crippen LogP contribution < -0.4 is 10.1 Å². The first-order chi connectivity index (χ1) is 12.0. The molecule has 1 aromatic rings. The smallest absolute Gasteiger partial charge is 0.119 e. The topological polar surface area (TPSA) is 41.5 Å². The zero-order valence-corrected chi connectivity index (χ0v) is 15.7. The minimum Gasteiger partial charge on any atom is -0.491 e. The van der Waals surface area contributed by atoms with Gasteiger partial charge in [0, 0.05) is 12.1 Å². The fourth-order valence-corrected chi connectivity index (χ4v) is 5.86. The second-order valence-corrected chi connectivity index (χ2v) is 9.27. The van der Waals surface area contributed by atoms with Crippen LogP contribution in [0.4, 0.5) is 0 Å². The SMILES string of the molecule is CC(C)c1ccc(OCC(O)CNC23CC4CC(CC(C4)C2)C3)cc1. The van der Waals surface area contributed by atoms with Gasteiger partial charge < -0.3 is 15.2 Å². The zero-order chi connectivity index (χ0) is 17.4. The summed E-state index contributed by atoms with van der Waals surface area (Å²) >= 11 is 0. The van der Waals surface area contributed by atoms with Gasteiger partial charge in [0.2, 0.25) is 0 Å². The van der Waals surface area contributed by atoms with E-state index in [2.05, 4.69) is 31.3 Å². The first-order valence-corrected chi connectivity index (χ1v) is 10.2. The van der Waals surface area contributed by atoms with E-state index in [9.17, 15) is 5.11 Å². The van der Waals surface area contributed by atoms with Crippen molar-refractivity contribution in [2.75, 3.05) is 13.2 Å². The third kappa shape index (κ3) is 3.88. The summed E-state index contributed by atoms with van der Waals surface area (Å²) in [6.07, 6.45) is 7.89. The van der Waals surface area contributed by atoms with Crippen molar-refractivity contribution in [3.05, 3.63) is 29.8 Å². The fraction of sp³-hybridized carbons (Fsp3) is 0.727. The van der Waals surface area contributed by atoms with E-state index in [0.29, 0.717) is 24.6 Å². The van der Waals surface area contributed by atoms with Crippen LogP contribution in [0.3, 0.4) is 0 Å². The molecule has 25 heavy (non-hydrogen) atoms. The molecular weight excluding hydrogens is 310 g/mol. The van der Waals surface area contributed by atoms with Crippen LogP contribution in [-0.4, -0.2) is 29.9 Å². The van der Waals surface area contributed by atoms with Gasteiger partial charge in [-0.3, -0.25) is 0 Å². The first-order valence-electron chi connectivity index (χ1n) is 10.2. The lowest BCUT2D eigenvalue weighted by Crippen LogP contribution is -2.59. The van der Waals surface area contributed by atoms with Crippen LogP contribution in [0.15, 0.2) is 24.3 Å². The average Bonchev–Trinajstić information content (AvgIpc) is 2.57. The van der Waals surface area contributed by atoms with Gasteiger partial charge >= 0.3 is 0 Å². The number of aliphatic hydroxyl groups excluding tert-OH is 1. The Morgan fingerprint density at radius 3 is 2.12 bits per heavy atom. The molecule has 1 unspecified atom stereocenters. The fourth-order valence-electron chi connectivity index (χ4n) is 5.86. The van der Waals surface area contributed by atoms with Crippen LogP contribution >= 0.6 is 0 Å². The Morgan fingerprint density at radius 2 is 1.60 bits per heavy atom. The normalized spacial score (nSPS) is 34.5. The van der Waals surface area contributed by atoms with E-state index in [1.807, 2.05) is 12.1 Å². The lowest BCUT2D eigenvalue weighted by molar-refractivity contribution is -0.0266. The van der Waals surface area contributed by atoms with Crippen molar-refractivity contribution in [3.63, 3.8) is 0 Å². The molecule has 1 aromatic carbocycles. The number of nitrogens with one attached hydrogen (secondary N) is 1. The Labute approximate surface area is 152 Å². The zero-order valence-electron chi connectivity index (χ0n) is 15.7. The Hall–Kier alpha value is -1.06. The summed E-state index contributed by atoms with van der Waals surface area (Å²) < 4.78 is 5.78. The monoisotopic (exact) mass is 343 g/mol. The molecule has 4 aliphatic rings. The molecule has 0 saturated heterocycles. The summed E-state index contributed by atoms with van der Waals surface area (Å²) in [7, 11) is 0. The molecule has 0 spiro atoms. The molecule has 3 heteroatoms. The minimum atomic E-state index is -0.447. The van der Waals surface area contributed by atoms with Crippen molar-refractivity contribution in [2.24, 2.45) is 17.8 Å². The summed E-state index contributed by atoms with van der Waals surface area (Å²) in [5, 5.41) is 14.1. The van der Waals surface area contributed by atoms with Crippen LogP contribution in [0, 0.1) is 17.8 Å². The van der Waals surface area contributed by atoms with Gasteiger partial charge in [0.15, 0.2) is 0 Å². The molecular formula is C22H33NO2. The van der Waals surface area contributed by atoms with Crippen LogP contribution in [0.1, 0.15) is 63.9 Å². The van der Waals surface area contributed by atoms with Crippen molar-refractivity contribution in [1.82, 2.24) is 5.32 Å². The van der Waals surface area contributed by atoms with Gasteiger partial charge in [-0.15, -0.1) is 0 Å². The number of benzene rings is 1. The number of β-amino-alcohol motifs (C(OH)–C–C–N with tert-alkyl or cyclic N) is 1. The molecule has 5 rings (SSSR count). The van der Waals surface area contributed by atoms with Crippen molar-refractivity contribution in [2.45, 2.75) is 69.9 Å². The average molecular weight is 344 g/mol. The predicted molar refractivity (Wildman–Crippen MR) is 101 cm³/mol. The molecule has 2 N–H and O–H groups in total. The van der Waals surface area contributed by atoms with E-state index in [-0.39, 0.29) is 0 Å². The quantitative estimate of drug-likeness (QED) is 0.783. The number of ether oxygens (including phenoxy) is 1. The van der Waals surface area contributed by atoms with Crippen molar-refractivity contribution < 1.29 is 9.84 Å². The van der Waals surface area contributed by atoms with Gasteiger partial charge in [-0.1, -0.05) is 26.0 Å². The summed E-state index contributed by atoms with van der Waals surface area (Å²) in [5.41, 5.74) is 1.63. The predicted octanol–water partition coefficient (Wildman–Crippen LogP) is 4.11. The Kier molecular flexibility index (Phi) is 4.81. The lowest BCUT2D eigenvalue weighted by Gasteiger charge is -2.57. The van der Waals surface area contributed by atoms with Crippen LogP contribution in [-0.2, 0) is 0 Å². The summed E-state index contributed by atoms with van der Waals surface area (Å²) in [6.45, 7) is 5.39. The highest BCUT2D eigenvalue weighted by Gasteiger charge is 2.50. The largest absolute Gasteiger partial charge is 0.491 e. The molecule has 138 valence electrons. The number of aliphatic hydroxyl groups is 1. The maximum absolute atomic E-state index is 10.4. The van der Waals surface area contributed by atoms with Gasteiger partial charge in [0.05, 0.1) is 0 Å². The Balaban J connectivity index is 1.25. The summed E-state index contributed by atoms with van der Waals surface area (Å²) in [5.74, 6) is 4.19. The van der Waals surface area contributed by atoms with E-state index in [4.69, 9.17) is 4.74 Å². The van der Waals surface area contributed by atoms with Gasteiger partial charge in [-0.25, -0.2) is 0 Å². The third-order valence-electron chi connectivity index (χ3n) is 6.74. The molecule has 4 fully saturated rings. The highest BCUT2D eigenvalue weighted by Crippen LogP contribution is 2.55. The molecule has 4 bridgehead atoms. The molecule has 0 aromatic heterocycles. The second kappa shape index (κ2) is 6.92. The van der Waals surface area contributed by atoms with Gasteiger partial charge in [-0.2, -0.15) is 0 Å². The van der Waals surface area contributed by atoms with E-state index < -0.39 is 6.10 Å². The van der Waals surface area contributed by atoms with Gasteiger partial charge in [0.25, 0.3) is 0 Å². The summed E-state index contributed by atoms with van der Waals surface area (Å²) in [4.78, 5) is 0. The Bertz CT molecular complexity index is 545. The van der Waals surface area contributed by atoms with E-state index >= 15 is 0 Å². The number of hydrogen-bond acceptors (Lipinski definition) is 3. The highest BCUT2D eigenvalue weighted by atomic mass is 16.5. The Morgan fingerprint density at radius 1 is 1.04 bits per heavy atom. The standard InChI is InChI=1S/C22H33NO2/c1-15(2)19-3-5-21(6-4-19)25-14-20(24)13-23-22-10-16-7-17(11-22)9-18(8-16)12-22/h3-6,15-18,20,23-24H,7-14H2,1-2H3. The molecule has 0 heterocycles. The van der Waals surface area contributed by atoms with Crippen molar-refractivity contribution in [3.8, 4) is 5.75 Å².